The smallest absolute Gasteiger partial charge is 0.161 e. The van der Waals surface area contributed by atoms with Crippen LogP contribution >= 0.6 is 0 Å². The summed E-state index contributed by atoms with van der Waals surface area (Å²) in [4.78, 5) is 1.23. The number of aromatic hydroxyl groups is 1. The summed E-state index contributed by atoms with van der Waals surface area (Å²) in [7, 11) is 7.00. The Bertz CT molecular complexity index is 1040. The van der Waals surface area contributed by atoms with E-state index in [9.17, 15) is 5.11 Å². The summed E-state index contributed by atoms with van der Waals surface area (Å²) < 4.78 is 16.3. The van der Waals surface area contributed by atoms with Gasteiger partial charge in [-0.3, -0.25) is 0 Å². The molecule has 0 saturated carbocycles. The lowest BCUT2D eigenvalue weighted by molar-refractivity contribution is -0.821. The van der Waals surface area contributed by atoms with E-state index in [1.165, 1.54) is 10.5 Å². The van der Waals surface area contributed by atoms with Crippen molar-refractivity contribution in [3.63, 3.8) is 0 Å². The van der Waals surface area contributed by atoms with Crippen molar-refractivity contribution in [2.75, 3.05) is 28.4 Å². The van der Waals surface area contributed by atoms with Crippen LogP contribution in [0.15, 0.2) is 30.3 Å². The molecule has 2 atom stereocenters. The minimum Gasteiger partial charge on any atom is -0.504 e. The first-order valence-electron chi connectivity index (χ1n) is 8.47. The van der Waals surface area contributed by atoms with Crippen LogP contribution in [0.5, 0.6) is 23.0 Å². The van der Waals surface area contributed by atoms with Crippen LogP contribution in [-0.2, 0) is 0 Å². The summed E-state index contributed by atoms with van der Waals surface area (Å²) in [6, 6.07) is 7.87. The van der Waals surface area contributed by atoms with Crippen molar-refractivity contribution in [1.29, 1.82) is 0 Å². The van der Waals surface area contributed by atoms with Gasteiger partial charge in [0.05, 0.1) is 28.4 Å². The highest BCUT2D eigenvalue weighted by Gasteiger charge is 2.32. The van der Waals surface area contributed by atoms with Crippen molar-refractivity contribution in [1.82, 2.24) is 0 Å². The van der Waals surface area contributed by atoms with Crippen LogP contribution in [0.4, 0.5) is 0 Å². The zero-order chi connectivity index (χ0) is 18.4. The maximum absolute atomic E-state index is 10.1. The number of rotatable bonds is 3. The van der Waals surface area contributed by atoms with Gasteiger partial charge in [-0.25, -0.2) is 0 Å². The molecular formula is C21H22NO4+. The van der Waals surface area contributed by atoms with E-state index < -0.39 is 0 Å². The van der Waals surface area contributed by atoms with Crippen LogP contribution in [0.3, 0.4) is 0 Å². The topological polar surface area (TPSA) is 52.4 Å². The van der Waals surface area contributed by atoms with Gasteiger partial charge in [0.1, 0.15) is 12.2 Å². The molecule has 0 aromatic heterocycles. The van der Waals surface area contributed by atoms with Crippen molar-refractivity contribution in [3.05, 3.63) is 51.9 Å². The first kappa shape index (κ1) is 16.5. The molecule has 1 aliphatic heterocycles. The van der Waals surface area contributed by atoms with E-state index in [4.69, 9.17) is 14.2 Å². The molecule has 1 aliphatic carbocycles. The van der Waals surface area contributed by atoms with Gasteiger partial charge in [-0.05, 0) is 29.8 Å². The molecule has 2 aromatic rings. The Hall–Kier alpha value is -2.92. The average molecular weight is 352 g/mol. The normalized spacial score (nSPS) is 19.8. The first-order chi connectivity index (χ1) is 12.6. The zero-order valence-corrected chi connectivity index (χ0v) is 15.3. The second-order valence-corrected chi connectivity index (χ2v) is 6.56. The molecule has 1 heterocycles. The Kier molecular flexibility index (Phi) is 3.89. The summed E-state index contributed by atoms with van der Waals surface area (Å²) >= 11 is 0. The number of methoxy groups -OCH3 is 3. The zero-order valence-electron chi connectivity index (χ0n) is 15.3. The van der Waals surface area contributed by atoms with Crippen molar-refractivity contribution in [2.24, 2.45) is 0 Å². The molecule has 2 unspecified atom stereocenters. The fourth-order valence-corrected chi connectivity index (χ4v) is 3.93. The molecule has 0 radical (unpaired) electrons. The van der Waals surface area contributed by atoms with Crippen molar-refractivity contribution in [2.45, 2.75) is 6.04 Å². The summed E-state index contributed by atoms with van der Waals surface area (Å²) in [6.07, 6.45) is 6.35. The predicted molar refractivity (Wildman–Crippen MR) is 100.0 cm³/mol. The third-order valence-corrected chi connectivity index (χ3v) is 5.15. The van der Waals surface area contributed by atoms with Gasteiger partial charge in [0, 0.05) is 21.6 Å². The molecule has 5 nitrogen and oxygen atoms in total. The lowest BCUT2D eigenvalue weighted by Gasteiger charge is -2.30. The number of quaternary nitrogens is 1. The largest absolute Gasteiger partial charge is 0.504 e. The number of hydrogen-bond acceptors (Lipinski definition) is 4. The summed E-state index contributed by atoms with van der Waals surface area (Å²) in [5.41, 5.74) is 3.35. The van der Waals surface area contributed by atoms with Gasteiger partial charge in [-0.15, -0.1) is 0 Å². The van der Waals surface area contributed by atoms with Gasteiger partial charge < -0.3 is 24.2 Å². The highest BCUT2D eigenvalue weighted by Crippen LogP contribution is 2.38. The van der Waals surface area contributed by atoms with E-state index in [-0.39, 0.29) is 11.8 Å². The molecule has 0 spiro atoms. The second kappa shape index (κ2) is 6.11. The molecule has 0 bridgehead atoms. The van der Waals surface area contributed by atoms with Crippen LogP contribution in [0.2, 0.25) is 0 Å². The highest BCUT2D eigenvalue weighted by molar-refractivity contribution is 5.79. The molecular weight excluding hydrogens is 330 g/mol. The minimum absolute atomic E-state index is 0.120. The van der Waals surface area contributed by atoms with E-state index in [0.717, 1.165) is 27.3 Å². The van der Waals surface area contributed by atoms with E-state index >= 15 is 0 Å². The molecule has 26 heavy (non-hydrogen) atoms. The number of nitrogens with one attached hydrogen (secondary N) is 1. The van der Waals surface area contributed by atoms with Crippen LogP contribution in [0.25, 0.3) is 17.8 Å². The van der Waals surface area contributed by atoms with Crippen molar-refractivity contribution >= 4 is 17.8 Å². The number of phenols is 1. The SMILES string of the molecule is COc1cc2c(cc1O)C=CC1=c3cc(OC)c(OC)cc3=C[NH+](C)C12. The van der Waals surface area contributed by atoms with Crippen molar-refractivity contribution in [3.8, 4) is 23.0 Å². The molecule has 0 fully saturated rings. The third kappa shape index (κ3) is 2.35. The Morgan fingerprint density at radius 2 is 1.58 bits per heavy atom. The Labute approximate surface area is 152 Å². The average Bonchev–Trinajstić information content (AvgIpc) is 2.65. The molecule has 2 aliphatic rings. The fraction of sp³-hybridized carbons (Fsp3) is 0.238. The molecule has 134 valence electrons. The van der Waals surface area contributed by atoms with Crippen LogP contribution in [-0.4, -0.2) is 33.5 Å². The van der Waals surface area contributed by atoms with Crippen LogP contribution < -0.4 is 29.5 Å². The molecule has 2 N–H and O–H groups in total. The van der Waals surface area contributed by atoms with Gasteiger partial charge in [0.15, 0.2) is 23.0 Å². The predicted octanol–water partition coefficient (Wildman–Crippen LogP) is 0.603. The monoisotopic (exact) mass is 352 g/mol. The Morgan fingerprint density at radius 3 is 2.27 bits per heavy atom. The lowest BCUT2D eigenvalue weighted by Crippen LogP contribution is -3.06. The van der Waals surface area contributed by atoms with Gasteiger partial charge in [-0.1, -0.05) is 12.2 Å². The van der Waals surface area contributed by atoms with Gasteiger partial charge in [-0.2, -0.15) is 0 Å². The van der Waals surface area contributed by atoms with Gasteiger partial charge >= 0.3 is 0 Å². The molecule has 4 rings (SSSR count). The standard InChI is InChI=1S/C21H21NO4/c1-22-11-13-8-19(25-3)20(26-4)9-15(13)14-6-5-12-7-17(23)18(24-2)10-16(12)21(14)22/h5-11,21,23H,1-4H3/p+1. The minimum atomic E-state index is 0.120. The molecule has 0 amide bonds. The maximum Gasteiger partial charge on any atom is 0.161 e. The highest BCUT2D eigenvalue weighted by atomic mass is 16.5. The van der Waals surface area contributed by atoms with Crippen molar-refractivity contribution < 1.29 is 24.2 Å². The van der Waals surface area contributed by atoms with Crippen LogP contribution in [0, 0.1) is 0 Å². The first-order valence-corrected chi connectivity index (χ1v) is 8.47. The second-order valence-electron chi connectivity index (χ2n) is 6.56. The van der Waals surface area contributed by atoms with E-state index in [1.807, 2.05) is 24.3 Å². The number of fused-ring (bicyclic) bond motifs is 4. The third-order valence-electron chi connectivity index (χ3n) is 5.15. The Morgan fingerprint density at radius 1 is 0.885 bits per heavy atom. The van der Waals surface area contributed by atoms with Crippen LogP contribution in [0.1, 0.15) is 17.2 Å². The Balaban J connectivity index is 2.01. The number of benzene rings is 2. The fourth-order valence-electron chi connectivity index (χ4n) is 3.93. The van der Waals surface area contributed by atoms with E-state index in [2.05, 4.69) is 19.3 Å². The lowest BCUT2D eigenvalue weighted by atomic mass is 9.85. The van der Waals surface area contributed by atoms with E-state index in [1.54, 1.807) is 27.4 Å². The molecule has 5 heteroatoms. The number of hydrogen-bond donors (Lipinski definition) is 2. The number of ether oxygens (including phenoxy) is 3. The van der Waals surface area contributed by atoms with Gasteiger partial charge in [0.25, 0.3) is 0 Å². The summed E-state index contributed by atoms with van der Waals surface area (Å²) in [5.74, 6) is 2.09. The van der Waals surface area contributed by atoms with E-state index in [0.29, 0.717) is 11.5 Å². The quantitative estimate of drug-likeness (QED) is 0.850. The summed E-state index contributed by atoms with van der Waals surface area (Å²) in [5, 5.41) is 12.3. The summed E-state index contributed by atoms with van der Waals surface area (Å²) in [6.45, 7) is 0. The number of phenolic OH excluding ortho intramolecular Hbond substituents is 1. The maximum atomic E-state index is 10.1. The molecule has 0 saturated heterocycles. The van der Waals surface area contributed by atoms with Gasteiger partial charge in [0.2, 0.25) is 0 Å². The molecule has 2 aromatic carbocycles.